The summed E-state index contributed by atoms with van der Waals surface area (Å²) in [6, 6.07) is 9.85. The van der Waals surface area contributed by atoms with Gasteiger partial charge in [-0.25, -0.2) is 9.97 Å². The van der Waals surface area contributed by atoms with E-state index in [-0.39, 0.29) is 24.4 Å². The van der Waals surface area contributed by atoms with Crippen molar-refractivity contribution in [2.75, 3.05) is 11.4 Å². The summed E-state index contributed by atoms with van der Waals surface area (Å²) >= 11 is 2.94. The van der Waals surface area contributed by atoms with Crippen LogP contribution in [0.2, 0.25) is 0 Å². The predicted octanol–water partition coefficient (Wildman–Crippen LogP) is 4.81. The molecule has 4 aromatic rings. The third-order valence-corrected chi connectivity index (χ3v) is 7.11. The average molecular weight is 451 g/mol. The highest BCUT2D eigenvalue weighted by molar-refractivity contribution is 7.18. The molecule has 0 saturated heterocycles. The van der Waals surface area contributed by atoms with Crippen molar-refractivity contribution in [2.45, 2.75) is 26.8 Å². The summed E-state index contributed by atoms with van der Waals surface area (Å²) in [5.74, 6) is -0.112. The lowest BCUT2D eigenvalue weighted by atomic mass is 10.2. The van der Waals surface area contributed by atoms with E-state index < -0.39 is 0 Å². The molecule has 1 amide bonds. The van der Waals surface area contributed by atoms with Crippen LogP contribution in [0.4, 0.5) is 5.13 Å². The zero-order valence-electron chi connectivity index (χ0n) is 17.4. The summed E-state index contributed by atoms with van der Waals surface area (Å²) in [4.78, 5) is 38.4. The summed E-state index contributed by atoms with van der Waals surface area (Å²) in [6.45, 7) is 8.31. The van der Waals surface area contributed by atoms with Gasteiger partial charge in [-0.2, -0.15) is 0 Å². The molecule has 0 bridgehead atoms. The zero-order valence-corrected chi connectivity index (χ0v) is 19.0. The molecule has 0 radical (unpaired) electrons. The van der Waals surface area contributed by atoms with Crippen LogP contribution >= 0.6 is 22.7 Å². The molecule has 0 aliphatic carbocycles. The van der Waals surface area contributed by atoms with E-state index in [9.17, 15) is 9.59 Å². The molecule has 0 saturated carbocycles. The van der Waals surface area contributed by atoms with E-state index in [4.69, 9.17) is 0 Å². The Morgan fingerprint density at radius 3 is 2.77 bits per heavy atom. The first-order chi connectivity index (χ1) is 15.0. The maximum atomic E-state index is 13.0. The van der Waals surface area contributed by atoms with Crippen molar-refractivity contribution < 1.29 is 4.79 Å². The van der Waals surface area contributed by atoms with Gasteiger partial charge in [-0.05, 0) is 19.4 Å². The van der Waals surface area contributed by atoms with Gasteiger partial charge < -0.3 is 0 Å². The van der Waals surface area contributed by atoms with Gasteiger partial charge in [0.05, 0.1) is 17.4 Å². The van der Waals surface area contributed by atoms with E-state index in [1.807, 2.05) is 49.6 Å². The third kappa shape index (κ3) is 4.22. The van der Waals surface area contributed by atoms with E-state index in [1.54, 1.807) is 11.0 Å². The van der Waals surface area contributed by atoms with Crippen LogP contribution in [0, 0.1) is 13.8 Å². The zero-order chi connectivity index (χ0) is 22.0. The second-order valence-electron chi connectivity index (χ2n) is 7.13. The number of rotatable bonds is 7. The molecular weight excluding hydrogens is 428 g/mol. The minimum atomic E-state index is -0.112. The molecule has 0 fully saturated rings. The molecule has 0 atom stereocenters. The topological polar surface area (TPSA) is 68.1 Å². The number of carbonyl (C=O) groups excluding carboxylic acids is 1. The fourth-order valence-corrected chi connectivity index (χ4v) is 5.17. The lowest BCUT2D eigenvalue weighted by Crippen LogP contribution is -2.32. The van der Waals surface area contributed by atoms with Gasteiger partial charge in [-0.15, -0.1) is 29.3 Å². The number of aryl methyl sites for hydroxylation is 3. The lowest BCUT2D eigenvalue weighted by molar-refractivity contribution is -0.118. The molecule has 0 unspecified atom stereocenters. The molecule has 0 aliphatic rings. The van der Waals surface area contributed by atoms with Crippen LogP contribution in [0.25, 0.3) is 21.5 Å². The number of amides is 1. The Kier molecular flexibility index (Phi) is 6.11. The Hall–Kier alpha value is -3.10. The Balaban J connectivity index is 1.54. The summed E-state index contributed by atoms with van der Waals surface area (Å²) in [7, 11) is 0. The van der Waals surface area contributed by atoms with Crippen LogP contribution in [0.3, 0.4) is 0 Å². The first kappa shape index (κ1) is 21.1. The van der Waals surface area contributed by atoms with Gasteiger partial charge >= 0.3 is 0 Å². The van der Waals surface area contributed by atoms with E-state index >= 15 is 0 Å². The highest BCUT2D eigenvalue weighted by atomic mass is 32.1. The summed E-state index contributed by atoms with van der Waals surface area (Å²) in [6.07, 6.45) is 3.38. The van der Waals surface area contributed by atoms with Gasteiger partial charge in [0.25, 0.3) is 5.56 Å². The molecule has 3 aromatic heterocycles. The molecular formula is C23H22N4O2S2. The number of benzene rings is 1. The average Bonchev–Trinajstić information content (AvgIpc) is 3.37. The molecule has 1 aromatic carbocycles. The van der Waals surface area contributed by atoms with Crippen LogP contribution in [0.5, 0.6) is 0 Å². The second kappa shape index (κ2) is 8.95. The molecule has 0 aliphatic heterocycles. The van der Waals surface area contributed by atoms with Crippen molar-refractivity contribution in [1.82, 2.24) is 14.5 Å². The van der Waals surface area contributed by atoms with Gasteiger partial charge in [-0.3, -0.25) is 19.1 Å². The van der Waals surface area contributed by atoms with Gasteiger partial charge in [0.1, 0.15) is 4.83 Å². The number of fused-ring (bicyclic) bond motifs is 1. The highest BCUT2D eigenvalue weighted by Gasteiger charge is 2.19. The van der Waals surface area contributed by atoms with E-state index in [1.165, 1.54) is 33.6 Å². The Morgan fingerprint density at radius 1 is 1.26 bits per heavy atom. The normalized spacial score (nSPS) is 11.0. The van der Waals surface area contributed by atoms with Crippen LogP contribution in [-0.2, 0) is 11.3 Å². The molecule has 158 valence electrons. The van der Waals surface area contributed by atoms with E-state index in [0.29, 0.717) is 17.1 Å². The van der Waals surface area contributed by atoms with Crippen LogP contribution in [0.1, 0.15) is 16.9 Å². The Labute approximate surface area is 188 Å². The van der Waals surface area contributed by atoms with Crippen molar-refractivity contribution >= 4 is 43.9 Å². The van der Waals surface area contributed by atoms with Crippen LogP contribution in [-0.4, -0.2) is 27.0 Å². The monoisotopic (exact) mass is 450 g/mol. The fraction of sp³-hybridized carbons (Fsp3) is 0.217. The number of thiophene rings is 1. The molecule has 6 nitrogen and oxygen atoms in total. The number of aromatic nitrogens is 3. The van der Waals surface area contributed by atoms with Crippen molar-refractivity contribution in [1.29, 1.82) is 0 Å². The minimum Gasteiger partial charge on any atom is -0.298 e. The third-order valence-electron chi connectivity index (χ3n) is 5.13. The molecule has 4 rings (SSSR count). The number of hydrogen-bond donors (Lipinski definition) is 0. The Morgan fingerprint density at radius 2 is 2.03 bits per heavy atom. The van der Waals surface area contributed by atoms with E-state index in [2.05, 4.69) is 16.5 Å². The molecule has 8 heteroatoms. The molecule has 0 N–H and O–H groups in total. The van der Waals surface area contributed by atoms with Crippen LogP contribution < -0.4 is 10.5 Å². The van der Waals surface area contributed by atoms with Crippen molar-refractivity contribution in [3.05, 3.63) is 75.5 Å². The molecule has 31 heavy (non-hydrogen) atoms. The van der Waals surface area contributed by atoms with Crippen molar-refractivity contribution in [3.8, 4) is 11.3 Å². The second-order valence-corrected chi connectivity index (χ2v) is 9.17. The van der Waals surface area contributed by atoms with Gasteiger partial charge in [-0.1, -0.05) is 36.4 Å². The maximum Gasteiger partial charge on any atom is 0.262 e. The van der Waals surface area contributed by atoms with E-state index in [0.717, 1.165) is 26.5 Å². The number of carbonyl (C=O) groups is 1. The number of anilines is 1. The maximum absolute atomic E-state index is 13.0. The van der Waals surface area contributed by atoms with Crippen LogP contribution in [0.15, 0.2) is 59.5 Å². The van der Waals surface area contributed by atoms with Gasteiger partial charge in [0.15, 0.2) is 5.13 Å². The number of nitrogens with zero attached hydrogens (tertiary/aromatic N) is 4. The smallest absolute Gasteiger partial charge is 0.262 e. The number of thiazole rings is 1. The molecule has 0 spiro atoms. The Bertz CT molecular complexity index is 1300. The first-order valence-corrected chi connectivity index (χ1v) is 11.6. The quantitative estimate of drug-likeness (QED) is 0.379. The predicted molar refractivity (Wildman–Crippen MR) is 128 cm³/mol. The van der Waals surface area contributed by atoms with Gasteiger partial charge in [0.2, 0.25) is 5.91 Å². The van der Waals surface area contributed by atoms with Gasteiger partial charge in [0, 0.05) is 35.3 Å². The minimum absolute atomic E-state index is 0.101. The largest absolute Gasteiger partial charge is 0.298 e. The fourth-order valence-electron chi connectivity index (χ4n) is 3.33. The van der Waals surface area contributed by atoms with Crippen molar-refractivity contribution in [2.24, 2.45) is 0 Å². The summed E-state index contributed by atoms with van der Waals surface area (Å²) in [5, 5.41) is 3.21. The lowest BCUT2D eigenvalue weighted by Gasteiger charge is -2.18. The summed E-state index contributed by atoms with van der Waals surface area (Å²) < 4.78 is 1.52. The van der Waals surface area contributed by atoms with Crippen molar-refractivity contribution in [3.63, 3.8) is 0 Å². The highest BCUT2D eigenvalue weighted by Crippen LogP contribution is 2.28. The standard InChI is InChI=1S/C23H22N4O2S2/c1-4-11-27(23-25-18(13-30-23)17-8-6-5-7-9-17)19(28)10-12-26-14-24-21-20(22(26)29)15(2)16(3)31-21/h4-9,13-14H,1,10-12H2,2-3H3. The summed E-state index contributed by atoms with van der Waals surface area (Å²) in [5.41, 5.74) is 2.69. The molecule has 3 heterocycles. The first-order valence-electron chi connectivity index (χ1n) is 9.87. The SMILES string of the molecule is C=CCN(C(=O)CCn1cnc2sc(C)c(C)c2c1=O)c1nc(-c2ccccc2)cs1. The number of hydrogen-bond acceptors (Lipinski definition) is 6.